The Hall–Kier alpha value is -6.12. The summed E-state index contributed by atoms with van der Waals surface area (Å²) in [7, 11) is 0. The molecule has 0 bridgehead atoms. The third kappa shape index (κ3) is 4.51. The second kappa shape index (κ2) is 11.7. The van der Waals surface area contributed by atoms with E-state index in [9.17, 15) is 0 Å². The second-order valence-electron chi connectivity index (χ2n) is 14.0. The van der Waals surface area contributed by atoms with E-state index >= 15 is 0 Å². The van der Waals surface area contributed by atoms with E-state index in [4.69, 9.17) is 8.83 Å². The van der Waals surface area contributed by atoms with Crippen molar-refractivity contribution in [2.75, 3.05) is 0 Å². The Labute approximate surface area is 312 Å². The molecule has 250 valence electrons. The molecule has 0 amide bonds. The van der Waals surface area contributed by atoms with Gasteiger partial charge in [0.05, 0.1) is 0 Å². The first-order chi connectivity index (χ1) is 26.1. The molecule has 0 aliphatic rings. The Morgan fingerprint density at radius 3 is 1.15 bits per heavy atom. The number of aryl methyl sites for hydroxylation is 2. The molecular formula is C50H32O2Se. The van der Waals surface area contributed by atoms with Crippen molar-refractivity contribution in [1.29, 1.82) is 0 Å². The molecule has 0 aliphatic heterocycles. The molecule has 0 unspecified atom stereocenters. The quantitative estimate of drug-likeness (QED) is 0.133. The summed E-state index contributed by atoms with van der Waals surface area (Å²) >= 11 is 0.105. The maximum atomic E-state index is 6.30. The summed E-state index contributed by atoms with van der Waals surface area (Å²) < 4.78 is 15.5. The van der Waals surface area contributed by atoms with Gasteiger partial charge in [-0.2, -0.15) is 0 Å². The minimum absolute atomic E-state index is 0.105. The van der Waals surface area contributed by atoms with Gasteiger partial charge in [0.2, 0.25) is 0 Å². The number of rotatable bonds is 4. The predicted octanol–water partition coefficient (Wildman–Crippen LogP) is 14.1. The molecule has 11 rings (SSSR count). The first-order valence-electron chi connectivity index (χ1n) is 18.1. The van der Waals surface area contributed by atoms with Gasteiger partial charge < -0.3 is 0 Å². The van der Waals surface area contributed by atoms with E-state index in [0.717, 1.165) is 34.2 Å². The molecule has 0 fully saturated rings. The van der Waals surface area contributed by atoms with Crippen LogP contribution >= 0.6 is 0 Å². The maximum absolute atomic E-state index is 6.30. The molecule has 11 aromatic rings. The second-order valence-corrected chi connectivity index (χ2v) is 16.2. The van der Waals surface area contributed by atoms with Gasteiger partial charge in [-0.25, -0.2) is 0 Å². The van der Waals surface area contributed by atoms with E-state index in [1.165, 1.54) is 84.6 Å². The van der Waals surface area contributed by atoms with Gasteiger partial charge in [0.15, 0.2) is 0 Å². The molecule has 0 aliphatic carbocycles. The zero-order valence-electron chi connectivity index (χ0n) is 29.2. The zero-order valence-corrected chi connectivity index (χ0v) is 30.9. The van der Waals surface area contributed by atoms with Gasteiger partial charge >= 0.3 is 314 Å². The van der Waals surface area contributed by atoms with Crippen LogP contribution < -0.4 is 0 Å². The van der Waals surface area contributed by atoms with Crippen molar-refractivity contribution < 1.29 is 8.83 Å². The van der Waals surface area contributed by atoms with Crippen LogP contribution in [0.25, 0.3) is 107 Å². The summed E-state index contributed by atoms with van der Waals surface area (Å²) in [6, 6.07) is 57.7. The topological polar surface area (TPSA) is 26.3 Å². The van der Waals surface area contributed by atoms with Crippen molar-refractivity contribution in [1.82, 2.24) is 0 Å². The van der Waals surface area contributed by atoms with Gasteiger partial charge in [-0.05, 0) is 0 Å². The molecule has 0 atom stereocenters. The fourth-order valence-corrected chi connectivity index (χ4v) is 11.4. The summed E-state index contributed by atoms with van der Waals surface area (Å²) in [5, 5.41) is 12.5. The van der Waals surface area contributed by atoms with Crippen molar-refractivity contribution in [3.05, 3.63) is 169 Å². The average Bonchev–Trinajstić information content (AvgIpc) is 3.94. The van der Waals surface area contributed by atoms with Gasteiger partial charge in [-0.3, -0.25) is 0 Å². The third-order valence-electron chi connectivity index (χ3n) is 10.9. The Bertz CT molecular complexity index is 3150. The Balaban J connectivity index is 1.24. The number of furan rings is 2. The molecule has 0 saturated carbocycles. The van der Waals surface area contributed by atoms with Crippen LogP contribution in [0.2, 0.25) is 0 Å². The van der Waals surface area contributed by atoms with E-state index in [-0.39, 0.29) is 14.5 Å². The van der Waals surface area contributed by atoms with Crippen molar-refractivity contribution in [3.8, 4) is 44.9 Å². The van der Waals surface area contributed by atoms with Crippen LogP contribution in [0, 0.1) is 13.8 Å². The summed E-state index contributed by atoms with van der Waals surface area (Å²) in [5.74, 6) is 3.65. The molecule has 0 N–H and O–H groups in total. The fraction of sp³-hybridized carbons (Fsp3) is 0.0400. The summed E-state index contributed by atoms with van der Waals surface area (Å²) in [6.07, 6.45) is 0. The van der Waals surface area contributed by atoms with E-state index < -0.39 is 0 Å². The van der Waals surface area contributed by atoms with Gasteiger partial charge in [-0.15, -0.1) is 0 Å². The zero-order chi connectivity index (χ0) is 35.2. The molecule has 0 saturated heterocycles. The Kier molecular flexibility index (Phi) is 6.73. The van der Waals surface area contributed by atoms with Crippen molar-refractivity contribution in [2.45, 2.75) is 13.8 Å². The van der Waals surface area contributed by atoms with Crippen LogP contribution in [0.5, 0.6) is 0 Å². The average molecular weight is 744 g/mol. The monoisotopic (exact) mass is 744 g/mol. The van der Waals surface area contributed by atoms with Crippen molar-refractivity contribution >= 4 is 76.9 Å². The van der Waals surface area contributed by atoms with Crippen LogP contribution in [0.4, 0.5) is 0 Å². The molecular weight excluding hydrogens is 712 g/mol. The Morgan fingerprint density at radius 1 is 0.340 bits per heavy atom. The van der Waals surface area contributed by atoms with Crippen LogP contribution in [0.1, 0.15) is 11.5 Å². The van der Waals surface area contributed by atoms with Crippen LogP contribution in [0.15, 0.2) is 167 Å². The number of hydrogen-bond donors (Lipinski definition) is 0. The number of hydrogen-bond acceptors (Lipinski definition) is 2. The van der Waals surface area contributed by atoms with E-state index in [1.54, 1.807) is 0 Å². The van der Waals surface area contributed by atoms with E-state index in [0.29, 0.717) is 0 Å². The molecule has 8 aromatic carbocycles. The number of fused-ring (bicyclic) bond motifs is 7. The minimum atomic E-state index is 0.105. The number of benzene rings is 8. The fourth-order valence-electron chi connectivity index (χ4n) is 8.76. The molecule has 3 heterocycles. The molecule has 2 nitrogen and oxygen atoms in total. The standard InChI is InChI=1S/C50H32O2Se/c1-29-25-27-42(51-29)47-35-17-7-3-13-31(35)45(32-14-4-8-18-36(32)47)39-21-12-24-44-49(39)41-23-11-22-40(50(41)53-44)46-33-15-5-9-19-37(33)48(43-28-26-30(2)52-43)38-20-10-6-16-34(38)46/h3-28H,1-2H3. The van der Waals surface area contributed by atoms with Gasteiger partial charge in [0.25, 0.3) is 0 Å². The van der Waals surface area contributed by atoms with E-state index in [2.05, 4.69) is 158 Å². The molecule has 53 heavy (non-hydrogen) atoms. The molecule has 3 aromatic heterocycles. The SMILES string of the molecule is Cc1ccc(-c2c3ccccc3c(-c3cccc4c3[se]c3cccc(-c5c6ccccc6c(-c6ccc(C)o6)c6ccccc56)c34)c3ccccc23)o1. The summed E-state index contributed by atoms with van der Waals surface area (Å²) in [5.41, 5.74) is 7.49. The van der Waals surface area contributed by atoms with Gasteiger partial charge in [-0.1, -0.05) is 0 Å². The van der Waals surface area contributed by atoms with Crippen LogP contribution in [-0.2, 0) is 0 Å². The van der Waals surface area contributed by atoms with Crippen LogP contribution in [-0.4, -0.2) is 14.5 Å². The molecule has 0 radical (unpaired) electrons. The summed E-state index contributed by atoms with van der Waals surface area (Å²) in [4.78, 5) is 0. The first kappa shape index (κ1) is 30.5. The van der Waals surface area contributed by atoms with Gasteiger partial charge in [0.1, 0.15) is 0 Å². The molecule has 3 heteroatoms. The van der Waals surface area contributed by atoms with E-state index in [1.807, 2.05) is 13.8 Å². The predicted molar refractivity (Wildman–Crippen MR) is 224 cm³/mol. The van der Waals surface area contributed by atoms with Crippen LogP contribution in [0.3, 0.4) is 0 Å². The summed E-state index contributed by atoms with van der Waals surface area (Å²) in [6.45, 7) is 4.03. The first-order valence-corrected chi connectivity index (χ1v) is 19.8. The van der Waals surface area contributed by atoms with Gasteiger partial charge in [0, 0.05) is 0 Å². The normalized spacial score (nSPS) is 12.0. The third-order valence-corrected chi connectivity index (χ3v) is 13.4. The molecule has 0 spiro atoms. The Morgan fingerprint density at radius 2 is 0.717 bits per heavy atom. The van der Waals surface area contributed by atoms with Crippen molar-refractivity contribution in [3.63, 3.8) is 0 Å². The van der Waals surface area contributed by atoms with Crippen molar-refractivity contribution in [2.24, 2.45) is 0 Å².